The van der Waals surface area contributed by atoms with Crippen LogP contribution in [-0.4, -0.2) is 42.5 Å². The van der Waals surface area contributed by atoms with E-state index in [1.807, 2.05) is 0 Å². The number of amides is 4. The van der Waals surface area contributed by atoms with Crippen molar-refractivity contribution in [1.29, 1.82) is 0 Å². The number of hydrogen-bond acceptors (Lipinski definition) is 6. The second kappa shape index (κ2) is 9.77. The molecule has 0 bridgehead atoms. The highest BCUT2D eigenvalue weighted by Gasteiger charge is 2.16. The minimum atomic E-state index is -0.708. The molecule has 0 aliphatic heterocycles. The van der Waals surface area contributed by atoms with Crippen LogP contribution in [-0.2, 0) is 14.3 Å². The molecule has 9 heteroatoms. The lowest BCUT2D eigenvalue weighted by Gasteiger charge is -2.20. The number of imide groups is 1. The molecule has 0 saturated heterocycles. The third-order valence-corrected chi connectivity index (χ3v) is 3.42. The van der Waals surface area contributed by atoms with Gasteiger partial charge < -0.3 is 15.4 Å². The van der Waals surface area contributed by atoms with Crippen LogP contribution in [0.15, 0.2) is 16.8 Å². The number of nitrogens with one attached hydrogen (secondary N) is 3. The van der Waals surface area contributed by atoms with Crippen molar-refractivity contribution >= 4 is 35.2 Å². The third kappa shape index (κ3) is 9.46. The molecule has 1 aromatic heterocycles. The van der Waals surface area contributed by atoms with E-state index in [0.717, 1.165) is 0 Å². The van der Waals surface area contributed by atoms with Crippen LogP contribution in [0.3, 0.4) is 0 Å². The monoisotopic (exact) mass is 369 g/mol. The first-order valence-electron chi connectivity index (χ1n) is 7.75. The minimum absolute atomic E-state index is 0.0609. The molecule has 8 nitrogen and oxygen atoms in total. The Morgan fingerprint density at radius 2 is 1.92 bits per heavy atom. The molecule has 1 heterocycles. The summed E-state index contributed by atoms with van der Waals surface area (Å²) in [7, 11) is 0. The molecule has 0 fully saturated rings. The molecule has 138 valence electrons. The van der Waals surface area contributed by atoms with Crippen molar-refractivity contribution in [2.24, 2.45) is 0 Å². The lowest BCUT2D eigenvalue weighted by molar-refractivity contribution is -0.148. The number of rotatable bonds is 7. The molecule has 0 aromatic carbocycles. The van der Waals surface area contributed by atoms with Gasteiger partial charge in [0.25, 0.3) is 11.8 Å². The predicted molar refractivity (Wildman–Crippen MR) is 93.3 cm³/mol. The van der Waals surface area contributed by atoms with Crippen molar-refractivity contribution in [3.8, 4) is 0 Å². The normalized spacial score (nSPS) is 10.7. The molecule has 1 aromatic rings. The molecule has 1 rings (SSSR count). The third-order valence-electron chi connectivity index (χ3n) is 2.73. The van der Waals surface area contributed by atoms with E-state index in [2.05, 4.69) is 16.0 Å². The van der Waals surface area contributed by atoms with Crippen molar-refractivity contribution in [2.45, 2.75) is 39.2 Å². The summed E-state index contributed by atoms with van der Waals surface area (Å²) in [6, 6.07) is 1.06. The second-order valence-electron chi connectivity index (χ2n) is 6.28. The Morgan fingerprint density at radius 3 is 2.52 bits per heavy atom. The second-order valence-corrected chi connectivity index (χ2v) is 7.06. The number of carbonyl (C=O) groups is 4. The zero-order chi connectivity index (χ0) is 18.9. The molecule has 4 amide bonds. The van der Waals surface area contributed by atoms with Gasteiger partial charge in [-0.1, -0.05) is 0 Å². The standard InChI is InChI=1S/C16H23N3O5S/c1-16(2,3)19-15(23)18-12(20)9-24-13(21)5-4-7-17-14(22)11-6-8-25-10-11/h6,8,10H,4-5,7,9H2,1-3H3,(H,17,22)(H2,18,19,20,23). The van der Waals surface area contributed by atoms with E-state index in [1.54, 1.807) is 37.6 Å². The Morgan fingerprint density at radius 1 is 1.20 bits per heavy atom. The van der Waals surface area contributed by atoms with E-state index >= 15 is 0 Å². The summed E-state index contributed by atoms with van der Waals surface area (Å²) in [6.45, 7) is 5.11. The van der Waals surface area contributed by atoms with E-state index in [9.17, 15) is 19.2 Å². The van der Waals surface area contributed by atoms with E-state index in [4.69, 9.17) is 4.74 Å². The van der Waals surface area contributed by atoms with E-state index < -0.39 is 30.1 Å². The summed E-state index contributed by atoms with van der Waals surface area (Å²) in [5.41, 5.74) is 0.104. The Balaban J connectivity index is 2.13. The molecular weight excluding hydrogens is 346 g/mol. The molecular formula is C16H23N3O5S. The molecule has 0 unspecified atom stereocenters. The fourth-order valence-electron chi connectivity index (χ4n) is 1.68. The highest BCUT2D eigenvalue weighted by molar-refractivity contribution is 7.08. The summed E-state index contributed by atoms with van der Waals surface area (Å²) in [6.07, 6.45) is 0.451. The van der Waals surface area contributed by atoms with Crippen LogP contribution in [0.5, 0.6) is 0 Å². The molecule has 0 aliphatic rings. The quantitative estimate of drug-likeness (QED) is 0.497. The van der Waals surface area contributed by atoms with Crippen molar-refractivity contribution in [3.63, 3.8) is 0 Å². The summed E-state index contributed by atoms with van der Waals surface area (Å²) in [4.78, 5) is 46.1. The molecule has 0 saturated carbocycles. The first-order chi connectivity index (χ1) is 11.7. The average molecular weight is 369 g/mol. The van der Waals surface area contributed by atoms with Gasteiger partial charge in [0.15, 0.2) is 6.61 Å². The van der Waals surface area contributed by atoms with Crippen LogP contribution in [0, 0.1) is 0 Å². The van der Waals surface area contributed by atoms with Gasteiger partial charge in [0.2, 0.25) is 0 Å². The topological polar surface area (TPSA) is 114 Å². The largest absolute Gasteiger partial charge is 0.456 e. The van der Waals surface area contributed by atoms with Crippen molar-refractivity contribution in [1.82, 2.24) is 16.0 Å². The number of ether oxygens (including phenoxy) is 1. The van der Waals surface area contributed by atoms with E-state index in [0.29, 0.717) is 18.5 Å². The highest BCUT2D eigenvalue weighted by atomic mass is 32.1. The summed E-state index contributed by atoms with van der Waals surface area (Å²) in [5, 5.41) is 10.8. The van der Waals surface area contributed by atoms with Crippen LogP contribution in [0.4, 0.5) is 4.79 Å². The fourth-order valence-corrected chi connectivity index (χ4v) is 2.32. The lowest BCUT2D eigenvalue weighted by Crippen LogP contribution is -2.49. The first-order valence-corrected chi connectivity index (χ1v) is 8.69. The van der Waals surface area contributed by atoms with Gasteiger partial charge in [-0.2, -0.15) is 11.3 Å². The lowest BCUT2D eigenvalue weighted by atomic mass is 10.1. The van der Waals surface area contributed by atoms with E-state index in [-0.39, 0.29) is 12.3 Å². The van der Waals surface area contributed by atoms with Gasteiger partial charge in [0, 0.05) is 29.4 Å². The molecule has 0 atom stereocenters. The number of carbonyl (C=O) groups excluding carboxylic acids is 4. The fraction of sp³-hybridized carbons (Fsp3) is 0.500. The Bertz CT molecular complexity index is 608. The summed E-state index contributed by atoms with van der Waals surface area (Å²) < 4.78 is 4.77. The van der Waals surface area contributed by atoms with Crippen LogP contribution < -0.4 is 16.0 Å². The summed E-state index contributed by atoms with van der Waals surface area (Å²) in [5.74, 6) is -1.48. The Labute approximate surface area is 150 Å². The van der Waals surface area contributed by atoms with Crippen molar-refractivity contribution in [2.75, 3.05) is 13.2 Å². The molecule has 3 N–H and O–H groups in total. The van der Waals surface area contributed by atoms with Crippen LogP contribution >= 0.6 is 11.3 Å². The minimum Gasteiger partial charge on any atom is -0.456 e. The van der Waals surface area contributed by atoms with Crippen molar-refractivity contribution in [3.05, 3.63) is 22.4 Å². The van der Waals surface area contributed by atoms with Gasteiger partial charge in [-0.3, -0.25) is 19.7 Å². The Hall–Kier alpha value is -2.42. The summed E-state index contributed by atoms with van der Waals surface area (Å²) >= 11 is 1.43. The molecule has 0 spiro atoms. The van der Waals surface area contributed by atoms with Gasteiger partial charge >= 0.3 is 12.0 Å². The number of esters is 1. The smallest absolute Gasteiger partial charge is 0.321 e. The van der Waals surface area contributed by atoms with E-state index in [1.165, 1.54) is 11.3 Å². The maximum Gasteiger partial charge on any atom is 0.321 e. The highest BCUT2D eigenvalue weighted by Crippen LogP contribution is 2.05. The van der Waals surface area contributed by atoms with Gasteiger partial charge in [0.05, 0.1) is 0 Å². The molecule has 0 radical (unpaired) electrons. The van der Waals surface area contributed by atoms with Crippen LogP contribution in [0.25, 0.3) is 0 Å². The Kier molecular flexibility index (Phi) is 8.06. The first kappa shape index (κ1) is 20.6. The maximum atomic E-state index is 11.7. The van der Waals surface area contributed by atoms with Gasteiger partial charge in [-0.25, -0.2) is 4.79 Å². The average Bonchev–Trinajstić information content (AvgIpc) is 3.01. The predicted octanol–water partition coefficient (Wildman–Crippen LogP) is 1.43. The van der Waals surface area contributed by atoms with Gasteiger partial charge in [-0.05, 0) is 38.6 Å². The molecule has 25 heavy (non-hydrogen) atoms. The van der Waals surface area contributed by atoms with Crippen molar-refractivity contribution < 1.29 is 23.9 Å². The zero-order valence-corrected chi connectivity index (χ0v) is 15.3. The van der Waals surface area contributed by atoms with Crippen LogP contribution in [0.2, 0.25) is 0 Å². The maximum absolute atomic E-state index is 11.7. The number of hydrogen-bond donors (Lipinski definition) is 3. The zero-order valence-electron chi connectivity index (χ0n) is 14.5. The SMILES string of the molecule is CC(C)(C)NC(=O)NC(=O)COC(=O)CCCNC(=O)c1ccsc1. The van der Waals surface area contributed by atoms with Gasteiger partial charge in [0.1, 0.15) is 0 Å². The van der Waals surface area contributed by atoms with Crippen LogP contribution in [0.1, 0.15) is 44.0 Å². The number of urea groups is 1. The molecule has 0 aliphatic carbocycles. The number of thiophene rings is 1. The van der Waals surface area contributed by atoms with Gasteiger partial charge in [-0.15, -0.1) is 0 Å².